The summed E-state index contributed by atoms with van der Waals surface area (Å²) in [5.74, 6) is 0.923. The fourth-order valence-electron chi connectivity index (χ4n) is 2.07. The summed E-state index contributed by atoms with van der Waals surface area (Å²) in [6.07, 6.45) is 0. The van der Waals surface area contributed by atoms with E-state index >= 15 is 0 Å². The second kappa shape index (κ2) is 4.44. The van der Waals surface area contributed by atoms with Gasteiger partial charge in [0.1, 0.15) is 12.4 Å². The van der Waals surface area contributed by atoms with Gasteiger partial charge in [0, 0.05) is 19.6 Å². The molecule has 1 heterocycles. The minimum Gasteiger partial charge on any atom is -0.492 e. The molecule has 88 valence electrons. The molecule has 1 N–H and O–H groups in total. The minimum atomic E-state index is -0.483. The maximum Gasteiger partial charge on any atom is 0.119 e. The maximum absolute atomic E-state index is 9.55. The first-order chi connectivity index (χ1) is 7.55. The van der Waals surface area contributed by atoms with Crippen LogP contribution in [0.2, 0.25) is 0 Å². The third kappa shape index (κ3) is 2.97. The highest BCUT2D eigenvalue weighted by molar-refractivity contribution is 5.27. The molecular formula is C13H19NO2. The quantitative estimate of drug-likeness (QED) is 0.835. The third-order valence-electron chi connectivity index (χ3n) is 2.79. The van der Waals surface area contributed by atoms with Crippen molar-refractivity contribution in [3.8, 4) is 5.75 Å². The molecule has 0 spiro atoms. The Bertz CT molecular complexity index is 355. The summed E-state index contributed by atoms with van der Waals surface area (Å²) in [6.45, 7) is 6.99. The van der Waals surface area contributed by atoms with Crippen LogP contribution in [0, 0.1) is 6.92 Å². The average molecular weight is 221 g/mol. The van der Waals surface area contributed by atoms with Crippen LogP contribution in [0.15, 0.2) is 24.3 Å². The number of aryl methyl sites for hydroxylation is 1. The van der Waals surface area contributed by atoms with Crippen molar-refractivity contribution in [3.63, 3.8) is 0 Å². The van der Waals surface area contributed by atoms with E-state index in [4.69, 9.17) is 4.74 Å². The normalized spacial score (nSPS) is 19.2. The number of rotatable bonds is 4. The minimum absolute atomic E-state index is 0.483. The molecule has 1 aromatic rings. The number of β-amino-alcohol motifs (C(OH)–C–C–N with tert-alkyl or cyclic N) is 1. The largest absolute Gasteiger partial charge is 0.492 e. The zero-order valence-corrected chi connectivity index (χ0v) is 9.94. The molecular weight excluding hydrogens is 202 g/mol. The molecule has 0 aliphatic carbocycles. The summed E-state index contributed by atoms with van der Waals surface area (Å²) >= 11 is 0. The van der Waals surface area contributed by atoms with Crippen LogP contribution < -0.4 is 4.74 Å². The number of benzene rings is 1. The Morgan fingerprint density at radius 3 is 2.81 bits per heavy atom. The number of hydrogen-bond acceptors (Lipinski definition) is 3. The summed E-state index contributed by atoms with van der Waals surface area (Å²) in [5, 5.41) is 9.55. The first-order valence-corrected chi connectivity index (χ1v) is 5.69. The molecule has 1 aliphatic heterocycles. The lowest BCUT2D eigenvalue weighted by Gasteiger charge is -2.44. The monoisotopic (exact) mass is 221 g/mol. The SMILES string of the molecule is Cc1cccc(OCCN2CC(C)(O)C2)c1. The molecule has 3 heteroatoms. The second-order valence-corrected chi connectivity index (χ2v) is 4.87. The van der Waals surface area contributed by atoms with Gasteiger partial charge in [0.25, 0.3) is 0 Å². The fraction of sp³-hybridized carbons (Fsp3) is 0.538. The third-order valence-corrected chi connectivity index (χ3v) is 2.79. The van der Waals surface area contributed by atoms with Crippen LogP contribution in [0.25, 0.3) is 0 Å². The Labute approximate surface area is 96.6 Å². The van der Waals surface area contributed by atoms with Gasteiger partial charge in [-0.2, -0.15) is 0 Å². The van der Waals surface area contributed by atoms with Crippen LogP contribution >= 0.6 is 0 Å². The molecule has 0 amide bonds. The van der Waals surface area contributed by atoms with Gasteiger partial charge in [-0.1, -0.05) is 12.1 Å². The smallest absolute Gasteiger partial charge is 0.119 e. The molecule has 0 radical (unpaired) electrons. The van der Waals surface area contributed by atoms with Gasteiger partial charge in [-0.05, 0) is 31.5 Å². The van der Waals surface area contributed by atoms with Gasteiger partial charge in [0.2, 0.25) is 0 Å². The molecule has 16 heavy (non-hydrogen) atoms. The van der Waals surface area contributed by atoms with Crippen LogP contribution in [0.5, 0.6) is 5.75 Å². The van der Waals surface area contributed by atoms with Crippen molar-refractivity contribution in [3.05, 3.63) is 29.8 Å². The standard InChI is InChI=1S/C13H19NO2/c1-11-4-3-5-12(8-11)16-7-6-14-9-13(2,15)10-14/h3-5,8,15H,6-7,9-10H2,1-2H3. The Morgan fingerprint density at radius 1 is 1.44 bits per heavy atom. The second-order valence-electron chi connectivity index (χ2n) is 4.87. The van der Waals surface area contributed by atoms with E-state index in [1.807, 2.05) is 25.1 Å². The van der Waals surface area contributed by atoms with Crippen LogP contribution in [0.3, 0.4) is 0 Å². The Morgan fingerprint density at radius 2 is 2.19 bits per heavy atom. The molecule has 0 aromatic heterocycles. The predicted octanol–water partition coefficient (Wildman–Crippen LogP) is 1.44. The fourth-order valence-corrected chi connectivity index (χ4v) is 2.07. The number of ether oxygens (including phenoxy) is 1. The van der Waals surface area contributed by atoms with Gasteiger partial charge < -0.3 is 9.84 Å². The highest BCUT2D eigenvalue weighted by atomic mass is 16.5. The van der Waals surface area contributed by atoms with E-state index in [2.05, 4.69) is 17.9 Å². The van der Waals surface area contributed by atoms with Crippen molar-refractivity contribution < 1.29 is 9.84 Å². The van der Waals surface area contributed by atoms with E-state index < -0.39 is 5.60 Å². The van der Waals surface area contributed by atoms with Crippen LogP contribution in [-0.2, 0) is 0 Å². The van der Waals surface area contributed by atoms with E-state index in [9.17, 15) is 5.11 Å². The molecule has 1 fully saturated rings. The van der Waals surface area contributed by atoms with E-state index in [-0.39, 0.29) is 0 Å². The molecule has 2 rings (SSSR count). The van der Waals surface area contributed by atoms with E-state index in [1.165, 1.54) is 5.56 Å². The molecule has 1 aliphatic rings. The van der Waals surface area contributed by atoms with Crippen molar-refractivity contribution >= 4 is 0 Å². The molecule has 0 atom stereocenters. The van der Waals surface area contributed by atoms with Crippen molar-refractivity contribution in [1.82, 2.24) is 4.90 Å². The first kappa shape index (κ1) is 11.4. The van der Waals surface area contributed by atoms with Crippen LogP contribution in [-0.4, -0.2) is 41.8 Å². The number of aliphatic hydroxyl groups is 1. The lowest BCUT2D eigenvalue weighted by molar-refractivity contribution is -0.0859. The maximum atomic E-state index is 9.55. The highest BCUT2D eigenvalue weighted by Crippen LogP contribution is 2.19. The van der Waals surface area contributed by atoms with Crippen molar-refractivity contribution in [2.24, 2.45) is 0 Å². The van der Waals surface area contributed by atoms with Gasteiger partial charge in [0.15, 0.2) is 0 Å². The molecule has 1 aromatic carbocycles. The van der Waals surface area contributed by atoms with Gasteiger partial charge in [-0.3, -0.25) is 4.90 Å². The number of likely N-dealkylation sites (tertiary alicyclic amines) is 1. The summed E-state index contributed by atoms with van der Waals surface area (Å²) in [7, 11) is 0. The first-order valence-electron chi connectivity index (χ1n) is 5.69. The van der Waals surface area contributed by atoms with Crippen LogP contribution in [0.4, 0.5) is 0 Å². The molecule has 1 saturated heterocycles. The summed E-state index contributed by atoms with van der Waals surface area (Å²) < 4.78 is 5.64. The lowest BCUT2D eigenvalue weighted by Crippen LogP contribution is -2.60. The molecule has 0 saturated carbocycles. The Balaban J connectivity index is 1.69. The van der Waals surface area contributed by atoms with Crippen molar-refractivity contribution in [2.45, 2.75) is 19.4 Å². The number of nitrogens with zero attached hydrogens (tertiary/aromatic N) is 1. The highest BCUT2D eigenvalue weighted by Gasteiger charge is 2.35. The molecule has 0 bridgehead atoms. The summed E-state index contributed by atoms with van der Waals surface area (Å²) in [4.78, 5) is 2.19. The Hall–Kier alpha value is -1.06. The van der Waals surface area contributed by atoms with Crippen molar-refractivity contribution in [1.29, 1.82) is 0 Å². The predicted molar refractivity (Wildman–Crippen MR) is 63.7 cm³/mol. The number of hydrogen-bond donors (Lipinski definition) is 1. The average Bonchev–Trinajstić information content (AvgIpc) is 2.15. The van der Waals surface area contributed by atoms with Crippen LogP contribution in [0.1, 0.15) is 12.5 Å². The van der Waals surface area contributed by atoms with Gasteiger partial charge in [-0.15, -0.1) is 0 Å². The summed E-state index contributed by atoms with van der Waals surface area (Å²) in [5.41, 5.74) is 0.730. The zero-order valence-electron chi connectivity index (χ0n) is 9.94. The topological polar surface area (TPSA) is 32.7 Å². The lowest BCUT2D eigenvalue weighted by atomic mass is 9.97. The molecule has 0 unspecified atom stereocenters. The van der Waals surface area contributed by atoms with Crippen molar-refractivity contribution in [2.75, 3.05) is 26.2 Å². The Kier molecular flexibility index (Phi) is 3.17. The van der Waals surface area contributed by atoms with Gasteiger partial charge in [0.05, 0.1) is 5.60 Å². The molecule has 3 nitrogen and oxygen atoms in total. The van der Waals surface area contributed by atoms with Gasteiger partial charge >= 0.3 is 0 Å². The van der Waals surface area contributed by atoms with E-state index in [0.29, 0.717) is 6.61 Å². The van der Waals surface area contributed by atoms with E-state index in [0.717, 1.165) is 25.4 Å². The van der Waals surface area contributed by atoms with Gasteiger partial charge in [-0.25, -0.2) is 0 Å². The zero-order chi connectivity index (χ0) is 11.6. The van der Waals surface area contributed by atoms with E-state index in [1.54, 1.807) is 0 Å². The summed E-state index contributed by atoms with van der Waals surface area (Å²) in [6, 6.07) is 8.06.